The van der Waals surface area contributed by atoms with Crippen LogP contribution in [0, 0.1) is 0 Å². The van der Waals surface area contributed by atoms with Gasteiger partial charge < -0.3 is 19.9 Å². The molecule has 0 saturated heterocycles. The van der Waals surface area contributed by atoms with Crippen LogP contribution in [0.25, 0.3) is 11.0 Å². The van der Waals surface area contributed by atoms with Crippen LogP contribution in [0.4, 0.5) is 5.69 Å². The van der Waals surface area contributed by atoms with E-state index < -0.39 is 6.04 Å². The van der Waals surface area contributed by atoms with E-state index in [1.807, 2.05) is 24.3 Å². The van der Waals surface area contributed by atoms with Gasteiger partial charge in [-0.15, -0.1) is 0 Å². The number of hydrogen-bond acceptors (Lipinski definition) is 4. The summed E-state index contributed by atoms with van der Waals surface area (Å²) < 4.78 is 7.01. The van der Waals surface area contributed by atoms with Crippen molar-refractivity contribution in [3.05, 3.63) is 88.2 Å². The van der Waals surface area contributed by atoms with Crippen LogP contribution in [0.2, 0.25) is 10.0 Å². The van der Waals surface area contributed by atoms with Gasteiger partial charge in [-0.05, 0) is 49.4 Å². The Hall–Kier alpha value is -3.55. The van der Waals surface area contributed by atoms with Crippen LogP contribution in [0.15, 0.2) is 66.7 Å². The first-order valence-corrected chi connectivity index (χ1v) is 11.3. The fourth-order valence-corrected chi connectivity index (χ4v) is 4.14. The Morgan fingerprint density at radius 3 is 2.62 bits per heavy atom. The number of carbonyl (C=O) groups excluding carboxylic acids is 2. The maximum absolute atomic E-state index is 12.9. The molecule has 4 rings (SSSR count). The molecule has 0 aliphatic rings. The predicted molar refractivity (Wildman–Crippen MR) is 134 cm³/mol. The van der Waals surface area contributed by atoms with Crippen LogP contribution in [0.1, 0.15) is 29.1 Å². The molecule has 0 fully saturated rings. The van der Waals surface area contributed by atoms with Crippen LogP contribution >= 0.6 is 23.2 Å². The summed E-state index contributed by atoms with van der Waals surface area (Å²) in [5.74, 6) is 0.578. The largest absolute Gasteiger partial charge is 0.497 e. The summed E-state index contributed by atoms with van der Waals surface area (Å²) in [6.07, 6.45) is 0. The van der Waals surface area contributed by atoms with Crippen molar-refractivity contribution in [1.29, 1.82) is 0 Å². The molecule has 0 bridgehead atoms. The Morgan fingerprint density at radius 2 is 1.85 bits per heavy atom. The minimum atomic E-state index is -0.503. The van der Waals surface area contributed by atoms with Gasteiger partial charge in [0, 0.05) is 16.8 Å². The number of nitrogens with zero attached hydrogens (tertiary/aromatic N) is 2. The van der Waals surface area contributed by atoms with Crippen molar-refractivity contribution in [3.8, 4) is 5.75 Å². The SMILES string of the molecule is COc1cccc(NC(=O)Cn2c([C@H](C)NC(=O)c3ccc(Cl)cc3Cl)nc3ccccc32)c1. The molecule has 174 valence electrons. The van der Waals surface area contributed by atoms with Gasteiger partial charge in [0.1, 0.15) is 18.1 Å². The number of benzene rings is 3. The molecule has 3 aromatic carbocycles. The smallest absolute Gasteiger partial charge is 0.253 e. The van der Waals surface area contributed by atoms with Crippen molar-refractivity contribution < 1.29 is 14.3 Å². The number of fused-ring (bicyclic) bond motifs is 1. The van der Waals surface area contributed by atoms with Crippen molar-refractivity contribution in [2.24, 2.45) is 0 Å². The highest BCUT2D eigenvalue weighted by Gasteiger charge is 2.21. The number of nitrogens with one attached hydrogen (secondary N) is 2. The summed E-state index contributed by atoms with van der Waals surface area (Å²) in [5, 5.41) is 6.49. The fraction of sp³-hybridized carbons (Fsp3) is 0.160. The average Bonchev–Trinajstić information content (AvgIpc) is 3.17. The van der Waals surface area contributed by atoms with Gasteiger partial charge in [-0.25, -0.2) is 4.98 Å². The fourth-order valence-electron chi connectivity index (χ4n) is 3.65. The molecule has 7 nitrogen and oxygen atoms in total. The maximum atomic E-state index is 12.9. The molecule has 34 heavy (non-hydrogen) atoms. The minimum absolute atomic E-state index is 0.00890. The van der Waals surface area contributed by atoms with E-state index in [1.54, 1.807) is 55.0 Å². The number of para-hydroxylation sites is 2. The highest BCUT2D eigenvalue weighted by atomic mass is 35.5. The molecule has 0 spiro atoms. The number of amides is 2. The van der Waals surface area contributed by atoms with Crippen LogP contribution in [0.5, 0.6) is 5.75 Å². The Morgan fingerprint density at radius 1 is 1.06 bits per heavy atom. The first kappa shape index (κ1) is 23.6. The Bertz CT molecular complexity index is 1370. The monoisotopic (exact) mass is 496 g/mol. The summed E-state index contributed by atoms with van der Waals surface area (Å²) in [5.41, 5.74) is 2.42. The summed E-state index contributed by atoms with van der Waals surface area (Å²) in [6, 6.07) is 18.8. The van der Waals surface area contributed by atoms with Gasteiger partial charge >= 0.3 is 0 Å². The molecule has 0 unspecified atom stereocenters. The molecular formula is C25H22Cl2N4O3. The summed E-state index contributed by atoms with van der Waals surface area (Å²) in [6.45, 7) is 1.81. The predicted octanol–water partition coefficient (Wildman–Crippen LogP) is 5.48. The molecule has 2 amide bonds. The molecule has 1 aromatic heterocycles. The zero-order chi connectivity index (χ0) is 24.2. The normalized spacial score (nSPS) is 11.8. The highest BCUT2D eigenvalue weighted by molar-refractivity contribution is 6.36. The third-order valence-corrected chi connectivity index (χ3v) is 5.80. The topological polar surface area (TPSA) is 85.2 Å². The number of carbonyl (C=O) groups is 2. The van der Waals surface area contributed by atoms with E-state index in [1.165, 1.54) is 6.07 Å². The van der Waals surface area contributed by atoms with E-state index in [0.29, 0.717) is 27.8 Å². The van der Waals surface area contributed by atoms with Gasteiger partial charge in [0.25, 0.3) is 5.91 Å². The summed E-state index contributed by atoms with van der Waals surface area (Å²) in [7, 11) is 1.57. The Kier molecular flexibility index (Phi) is 7.05. The van der Waals surface area contributed by atoms with Gasteiger partial charge in [0.15, 0.2) is 0 Å². The number of halogens is 2. The van der Waals surface area contributed by atoms with Crippen molar-refractivity contribution >= 4 is 51.7 Å². The zero-order valence-electron chi connectivity index (χ0n) is 18.5. The molecule has 2 N–H and O–H groups in total. The third kappa shape index (κ3) is 5.16. The summed E-state index contributed by atoms with van der Waals surface area (Å²) >= 11 is 12.1. The third-order valence-electron chi connectivity index (χ3n) is 5.25. The average molecular weight is 497 g/mol. The number of imidazole rings is 1. The summed E-state index contributed by atoms with van der Waals surface area (Å²) in [4.78, 5) is 30.4. The van der Waals surface area contributed by atoms with Gasteiger partial charge in [-0.1, -0.05) is 41.4 Å². The molecule has 0 radical (unpaired) electrons. The molecule has 4 aromatic rings. The number of rotatable bonds is 7. The first-order chi connectivity index (χ1) is 16.4. The first-order valence-electron chi connectivity index (χ1n) is 10.5. The number of anilines is 1. The van der Waals surface area contributed by atoms with Crippen LogP contribution in [-0.4, -0.2) is 28.5 Å². The number of ether oxygens (including phenoxy) is 1. The van der Waals surface area contributed by atoms with Crippen molar-refractivity contribution in [2.45, 2.75) is 19.5 Å². The lowest BCUT2D eigenvalue weighted by Crippen LogP contribution is -2.30. The molecule has 1 atom stereocenters. The van der Waals surface area contributed by atoms with Gasteiger partial charge in [-0.2, -0.15) is 0 Å². The molecule has 0 saturated carbocycles. The lowest BCUT2D eigenvalue weighted by atomic mass is 10.2. The quantitative estimate of drug-likeness (QED) is 0.354. The van der Waals surface area contributed by atoms with E-state index in [-0.39, 0.29) is 23.4 Å². The standard InChI is InChI=1S/C25H22Cl2N4O3/c1-15(28-25(33)19-11-10-16(26)12-20(19)27)24-30-21-8-3-4-9-22(21)31(24)14-23(32)29-17-6-5-7-18(13-17)34-2/h3-13,15H,14H2,1-2H3,(H,28,33)(H,29,32)/t15-/m0/s1. The van der Waals surface area contributed by atoms with E-state index in [0.717, 1.165) is 11.0 Å². The number of aromatic nitrogens is 2. The van der Waals surface area contributed by atoms with Crippen molar-refractivity contribution in [2.75, 3.05) is 12.4 Å². The van der Waals surface area contributed by atoms with Crippen molar-refractivity contribution in [3.63, 3.8) is 0 Å². The van der Waals surface area contributed by atoms with Crippen LogP contribution < -0.4 is 15.4 Å². The second kappa shape index (κ2) is 10.2. The molecule has 0 aliphatic heterocycles. The van der Waals surface area contributed by atoms with Gasteiger partial charge in [-0.3, -0.25) is 9.59 Å². The zero-order valence-corrected chi connectivity index (χ0v) is 20.0. The van der Waals surface area contributed by atoms with Gasteiger partial charge in [0.2, 0.25) is 5.91 Å². The molecular weight excluding hydrogens is 475 g/mol. The lowest BCUT2D eigenvalue weighted by molar-refractivity contribution is -0.116. The lowest BCUT2D eigenvalue weighted by Gasteiger charge is -2.17. The highest BCUT2D eigenvalue weighted by Crippen LogP contribution is 2.24. The van der Waals surface area contributed by atoms with E-state index in [4.69, 9.17) is 27.9 Å². The van der Waals surface area contributed by atoms with Crippen LogP contribution in [-0.2, 0) is 11.3 Å². The van der Waals surface area contributed by atoms with E-state index >= 15 is 0 Å². The Labute approximate surface area is 206 Å². The van der Waals surface area contributed by atoms with E-state index in [2.05, 4.69) is 15.6 Å². The van der Waals surface area contributed by atoms with Gasteiger partial charge in [0.05, 0.1) is 34.8 Å². The molecule has 0 aliphatic carbocycles. The molecule has 1 heterocycles. The second-order valence-electron chi connectivity index (χ2n) is 7.64. The van der Waals surface area contributed by atoms with E-state index in [9.17, 15) is 9.59 Å². The second-order valence-corrected chi connectivity index (χ2v) is 8.49. The van der Waals surface area contributed by atoms with Crippen molar-refractivity contribution in [1.82, 2.24) is 14.9 Å². The maximum Gasteiger partial charge on any atom is 0.253 e. The number of methoxy groups -OCH3 is 1. The minimum Gasteiger partial charge on any atom is -0.497 e. The van der Waals surface area contributed by atoms with Crippen LogP contribution in [0.3, 0.4) is 0 Å². The molecule has 9 heteroatoms. The Balaban J connectivity index is 1.59. The number of hydrogen-bond donors (Lipinski definition) is 2.